The van der Waals surface area contributed by atoms with Crippen molar-refractivity contribution in [2.24, 2.45) is 0 Å². The first-order valence-electron chi connectivity index (χ1n) is 2.00. The van der Waals surface area contributed by atoms with Gasteiger partial charge in [0.15, 0.2) is 0 Å². The molecule has 0 N–H and O–H groups in total. The number of halogens is 2. The standard InChI is InChI=1S/C4H2ClN2.BrH.Zn/c5-4-6-2-1-3-7-4;;/h2-3H;1H;/q-1;;+2/p-1. The zero-order chi connectivity index (χ0) is 7.11. The second kappa shape index (κ2) is 6.59. The Bertz CT molecular complexity index is 148. The molecule has 0 saturated heterocycles. The number of hydrogen-bond donors (Lipinski definition) is 0. The van der Waals surface area contributed by atoms with E-state index < -0.39 is 0 Å². The molecule has 0 aliphatic carbocycles. The van der Waals surface area contributed by atoms with Crippen LogP contribution in [0.5, 0.6) is 0 Å². The second-order valence-electron chi connectivity index (χ2n) is 0.952. The maximum absolute atomic E-state index is 5.30. The van der Waals surface area contributed by atoms with E-state index in [9.17, 15) is 0 Å². The first-order chi connectivity index (χ1) is 4.39. The molecule has 0 amide bonds. The zero-order valence-corrected chi connectivity index (χ0v) is 9.82. The van der Waals surface area contributed by atoms with Gasteiger partial charge in [0.05, 0.1) is 0 Å². The van der Waals surface area contributed by atoms with Gasteiger partial charge < -0.3 is 6.07 Å². The van der Waals surface area contributed by atoms with Gasteiger partial charge >= 0.3 is 30.0 Å². The first-order valence-corrected chi connectivity index (χ1v) is 9.32. The summed E-state index contributed by atoms with van der Waals surface area (Å²) in [7, 11) is 0. The van der Waals surface area contributed by atoms with Crippen LogP contribution in [0.25, 0.3) is 0 Å². The number of nitrogens with zero attached hydrogens (tertiary/aromatic N) is 2. The van der Waals surface area contributed by atoms with Gasteiger partial charge in [-0.05, 0) is 11.6 Å². The third kappa shape index (κ3) is 4.95. The molecule has 1 heterocycles. The first kappa shape index (κ1) is 9.47. The molecule has 1 aromatic rings. The van der Waals surface area contributed by atoms with Crippen molar-refractivity contribution in [2.75, 3.05) is 0 Å². The molecule has 0 aliphatic heterocycles. The molecular weight excluding hydrogens is 257 g/mol. The average Bonchev–Trinajstić information content (AvgIpc) is 1.94. The van der Waals surface area contributed by atoms with Gasteiger partial charge in [0.1, 0.15) is 0 Å². The SMILES string of the molecule is Clc1nc[c-]cn1.[Zn+][Br]. The molecule has 1 rings (SSSR count). The molecule has 0 bridgehead atoms. The molecule has 0 unspecified atom stereocenters. The van der Waals surface area contributed by atoms with Crippen LogP contribution in [0, 0.1) is 6.07 Å². The fourth-order valence-corrected chi connectivity index (χ4v) is 0.345. The van der Waals surface area contributed by atoms with Gasteiger partial charge in [-0.3, -0.25) is 9.97 Å². The number of hydrogen-bond acceptors (Lipinski definition) is 2. The molecule has 0 aromatic carbocycles. The molecule has 0 radical (unpaired) electrons. The molecule has 0 saturated carbocycles. The summed E-state index contributed by atoms with van der Waals surface area (Å²) >= 11 is 9.55. The van der Waals surface area contributed by atoms with Gasteiger partial charge in [0.2, 0.25) is 5.28 Å². The van der Waals surface area contributed by atoms with Crippen LogP contribution in [-0.2, 0) is 16.3 Å². The Kier molecular flexibility index (Phi) is 6.94. The van der Waals surface area contributed by atoms with Crippen LogP contribution >= 0.6 is 25.2 Å². The topological polar surface area (TPSA) is 25.8 Å². The minimum absolute atomic E-state index is 0.263. The summed E-state index contributed by atoms with van der Waals surface area (Å²) in [5.41, 5.74) is 0. The molecule has 2 nitrogen and oxygen atoms in total. The van der Waals surface area contributed by atoms with Gasteiger partial charge in [-0.15, -0.1) is 12.4 Å². The zero-order valence-electron chi connectivity index (χ0n) is 4.51. The monoisotopic (exact) mass is 256 g/mol. The van der Waals surface area contributed by atoms with E-state index >= 15 is 0 Å². The quantitative estimate of drug-likeness (QED) is 0.403. The van der Waals surface area contributed by atoms with E-state index in [1.807, 2.05) is 0 Å². The van der Waals surface area contributed by atoms with Crippen LogP contribution in [-0.4, -0.2) is 9.97 Å². The fraction of sp³-hybridized carbons (Fsp3) is 0. The van der Waals surface area contributed by atoms with E-state index in [4.69, 9.17) is 11.6 Å². The molecule has 9 heavy (non-hydrogen) atoms. The molecule has 0 aliphatic rings. The molecule has 0 atom stereocenters. The molecule has 5 heteroatoms. The molecule has 0 spiro atoms. The van der Waals surface area contributed by atoms with E-state index in [-0.39, 0.29) is 5.28 Å². The normalized spacial score (nSPS) is 7.56. The predicted molar refractivity (Wildman–Crippen MR) is 34.8 cm³/mol. The molecule has 1 aromatic heterocycles. The van der Waals surface area contributed by atoms with E-state index in [2.05, 4.69) is 29.7 Å². The summed E-state index contributed by atoms with van der Waals surface area (Å²) in [6.07, 6.45) is 2.94. The molecule has 44 valence electrons. The van der Waals surface area contributed by atoms with Crippen molar-refractivity contribution in [1.29, 1.82) is 0 Å². The van der Waals surface area contributed by atoms with E-state index in [1.165, 1.54) is 28.7 Å². The van der Waals surface area contributed by atoms with Gasteiger partial charge in [-0.1, -0.05) is 0 Å². The van der Waals surface area contributed by atoms with Crippen LogP contribution in [0.15, 0.2) is 12.4 Å². The third-order valence-electron chi connectivity index (χ3n) is 0.491. The third-order valence-corrected chi connectivity index (χ3v) is 0.686. The summed E-state index contributed by atoms with van der Waals surface area (Å²) in [4.78, 5) is 7.16. The summed E-state index contributed by atoms with van der Waals surface area (Å²) in [5, 5.41) is 0.263. The fourth-order valence-electron chi connectivity index (χ4n) is 0.248. The minimum atomic E-state index is 0.263. The van der Waals surface area contributed by atoms with Crippen molar-refractivity contribution >= 4 is 25.2 Å². The molecular formula is C4H2BrClN2Zn. The van der Waals surface area contributed by atoms with Crippen molar-refractivity contribution in [3.8, 4) is 0 Å². The Hall–Kier alpha value is 0.473. The Morgan fingerprint density at radius 3 is 2.11 bits per heavy atom. The Morgan fingerprint density at radius 2 is 1.89 bits per heavy atom. The second-order valence-corrected chi connectivity index (χ2v) is 1.29. The van der Waals surface area contributed by atoms with Crippen LogP contribution in [0.4, 0.5) is 0 Å². The van der Waals surface area contributed by atoms with Gasteiger partial charge in [-0.2, -0.15) is 0 Å². The Morgan fingerprint density at radius 1 is 1.44 bits per heavy atom. The van der Waals surface area contributed by atoms with Gasteiger partial charge in [0.25, 0.3) is 0 Å². The predicted octanol–water partition coefficient (Wildman–Crippen LogP) is 1.77. The van der Waals surface area contributed by atoms with Crippen molar-refractivity contribution < 1.29 is 16.3 Å². The van der Waals surface area contributed by atoms with E-state index in [1.54, 1.807) is 0 Å². The van der Waals surface area contributed by atoms with Crippen LogP contribution < -0.4 is 0 Å². The van der Waals surface area contributed by atoms with E-state index in [0.29, 0.717) is 0 Å². The Balaban J connectivity index is 0.000000291. The van der Waals surface area contributed by atoms with Crippen molar-refractivity contribution in [2.45, 2.75) is 0 Å². The maximum atomic E-state index is 5.30. The summed E-state index contributed by atoms with van der Waals surface area (Å²) in [6.45, 7) is 0. The average molecular weight is 259 g/mol. The van der Waals surface area contributed by atoms with Crippen LogP contribution in [0.2, 0.25) is 5.28 Å². The van der Waals surface area contributed by atoms with Gasteiger partial charge in [-0.25, -0.2) is 0 Å². The van der Waals surface area contributed by atoms with E-state index in [0.717, 1.165) is 0 Å². The van der Waals surface area contributed by atoms with Crippen molar-refractivity contribution in [1.82, 2.24) is 9.97 Å². The van der Waals surface area contributed by atoms with Crippen molar-refractivity contribution in [3.05, 3.63) is 23.7 Å². The van der Waals surface area contributed by atoms with Crippen LogP contribution in [0.3, 0.4) is 0 Å². The number of aromatic nitrogens is 2. The van der Waals surface area contributed by atoms with Crippen molar-refractivity contribution in [3.63, 3.8) is 0 Å². The molecule has 0 fully saturated rings. The van der Waals surface area contributed by atoms with Gasteiger partial charge in [0, 0.05) is 0 Å². The summed E-state index contributed by atoms with van der Waals surface area (Å²) < 4.78 is 0. The summed E-state index contributed by atoms with van der Waals surface area (Å²) in [5.74, 6) is 0. The summed E-state index contributed by atoms with van der Waals surface area (Å²) in [6, 6.07) is 2.63. The van der Waals surface area contributed by atoms with Crippen LogP contribution in [0.1, 0.15) is 0 Å². The number of rotatable bonds is 0. The Labute approximate surface area is 75.1 Å².